The van der Waals surface area contributed by atoms with Crippen molar-refractivity contribution in [2.45, 2.75) is 31.7 Å². The van der Waals surface area contributed by atoms with Gasteiger partial charge in [-0.2, -0.15) is 0 Å². The number of amides is 1. The molecule has 2 aliphatic rings. The summed E-state index contributed by atoms with van der Waals surface area (Å²) in [5.41, 5.74) is 3.85. The van der Waals surface area contributed by atoms with E-state index in [1.807, 2.05) is 48.5 Å². The first kappa shape index (κ1) is 21.8. The molecule has 0 bridgehead atoms. The Hall–Kier alpha value is -4.00. The van der Waals surface area contributed by atoms with Crippen molar-refractivity contribution in [3.8, 4) is 11.5 Å². The maximum atomic E-state index is 13.7. The van der Waals surface area contributed by atoms with Crippen LogP contribution in [0.25, 0.3) is 0 Å². The lowest BCUT2D eigenvalue weighted by Crippen LogP contribution is -2.37. The van der Waals surface area contributed by atoms with Crippen LogP contribution >= 0.6 is 0 Å². The standard InChI is InChI=1S/C27H26N2O5/c1-16(30)29-21-8-5-4-7-19(21)28-20-13-18(17-10-11-23(32-2)25(15-17)33-3)14-22(31)26(20)27(29)24-9-6-12-34-24/h4-12,15,18,27-28H,13-14H2,1-3H3/t18-,27-/m1/s1. The molecule has 7 heteroatoms. The van der Waals surface area contributed by atoms with Gasteiger partial charge in [0.05, 0.1) is 31.9 Å². The fourth-order valence-corrected chi connectivity index (χ4v) is 5.00. The largest absolute Gasteiger partial charge is 0.493 e. The second-order valence-electron chi connectivity index (χ2n) is 8.48. The van der Waals surface area contributed by atoms with Gasteiger partial charge < -0.3 is 19.2 Å². The van der Waals surface area contributed by atoms with Gasteiger partial charge in [0.15, 0.2) is 17.3 Å². The van der Waals surface area contributed by atoms with Crippen molar-refractivity contribution in [2.24, 2.45) is 0 Å². The summed E-state index contributed by atoms with van der Waals surface area (Å²) in [7, 11) is 3.20. The summed E-state index contributed by atoms with van der Waals surface area (Å²) in [5.74, 6) is 1.59. The predicted octanol–water partition coefficient (Wildman–Crippen LogP) is 5.22. The Morgan fingerprint density at radius 3 is 2.53 bits per heavy atom. The smallest absolute Gasteiger partial charge is 0.224 e. The molecule has 1 N–H and O–H groups in total. The first-order chi connectivity index (χ1) is 16.5. The highest BCUT2D eigenvalue weighted by Crippen LogP contribution is 2.48. The number of benzene rings is 2. The molecule has 0 saturated heterocycles. The lowest BCUT2D eigenvalue weighted by Gasteiger charge is -2.33. The summed E-state index contributed by atoms with van der Waals surface area (Å²) < 4.78 is 16.6. The van der Waals surface area contributed by atoms with E-state index in [0.29, 0.717) is 41.4 Å². The Morgan fingerprint density at radius 1 is 1.03 bits per heavy atom. The summed E-state index contributed by atoms with van der Waals surface area (Å²) in [5, 5.41) is 3.49. The number of hydrogen-bond donors (Lipinski definition) is 1. The maximum Gasteiger partial charge on any atom is 0.224 e. The van der Waals surface area contributed by atoms with Crippen LogP contribution in [0.15, 0.2) is 76.5 Å². The van der Waals surface area contributed by atoms with Gasteiger partial charge in [0.25, 0.3) is 0 Å². The van der Waals surface area contributed by atoms with Crippen LogP contribution in [0.1, 0.15) is 43.0 Å². The van der Waals surface area contributed by atoms with Crippen molar-refractivity contribution >= 4 is 23.1 Å². The minimum atomic E-state index is -0.641. The lowest BCUT2D eigenvalue weighted by atomic mass is 9.79. The Labute approximate surface area is 198 Å². The number of ether oxygens (including phenoxy) is 2. The van der Waals surface area contributed by atoms with Gasteiger partial charge in [0.1, 0.15) is 11.8 Å². The third-order valence-corrected chi connectivity index (χ3v) is 6.52. The van der Waals surface area contributed by atoms with Gasteiger partial charge in [-0.3, -0.25) is 14.5 Å². The monoisotopic (exact) mass is 458 g/mol. The predicted molar refractivity (Wildman–Crippen MR) is 128 cm³/mol. The quantitative estimate of drug-likeness (QED) is 0.578. The summed E-state index contributed by atoms with van der Waals surface area (Å²) in [6.07, 6.45) is 2.49. The molecular weight excluding hydrogens is 432 g/mol. The highest BCUT2D eigenvalue weighted by molar-refractivity contribution is 6.05. The van der Waals surface area contributed by atoms with Crippen LogP contribution in [0, 0.1) is 0 Å². The number of carbonyl (C=O) groups is 2. The average Bonchev–Trinajstić information content (AvgIpc) is 3.32. The van der Waals surface area contributed by atoms with Gasteiger partial charge in [0.2, 0.25) is 5.91 Å². The minimum Gasteiger partial charge on any atom is -0.493 e. The lowest BCUT2D eigenvalue weighted by molar-refractivity contribution is -0.117. The number of furan rings is 1. The minimum absolute atomic E-state index is 0.0195. The van der Waals surface area contributed by atoms with E-state index in [9.17, 15) is 9.59 Å². The number of rotatable bonds is 4. The van der Waals surface area contributed by atoms with Crippen LogP contribution < -0.4 is 19.7 Å². The van der Waals surface area contributed by atoms with Crippen LogP contribution in [0.2, 0.25) is 0 Å². The van der Waals surface area contributed by atoms with E-state index in [4.69, 9.17) is 13.9 Å². The Kier molecular flexibility index (Phi) is 5.61. The van der Waals surface area contributed by atoms with E-state index < -0.39 is 6.04 Å². The molecule has 1 aromatic heterocycles. The SMILES string of the molecule is COc1ccc([C@H]2CC(=O)C3=C(C2)Nc2ccccc2N(C(C)=O)[C@@H]3c2ccco2)cc1OC. The Balaban J connectivity index is 1.64. The Morgan fingerprint density at radius 2 is 1.82 bits per heavy atom. The number of nitrogens with zero attached hydrogens (tertiary/aromatic N) is 1. The van der Waals surface area contributed by atoms with Crippen molar-refractivity contribution in [1.82, 2.24) is 0 Å². The number of hydrogen-bond acceptors (Lipinski definition) is 6. The van der Waals surface area contributed by atoms with Gasteiger partial charge in [-0.05, 0) is 54.3 Å². The second kappa shape index (κ2) is 8.74. The average molecular weight is 459 g/mol. The molecule has 3 aromatic rings. The number of allylic oxidation sites excluding steroid dienone is 1. The molecule has 5 rings (SSSR count). The van der Waals surface area contributed by atoms with Crippen molar-refractivity contribution in [3.63, 3.8) is 0 Å². The number of methoxy groups -OCH3 is 2. The molecule has 174 valence electrons. The molecule has 2 heterocycles. The second-order valence-corrected chi connectivity index (χ2v) is 8.48. The molecule has 0 fully saturated rings. The zero-order chi connectivity index (χ0) is 23.8. The fourth-order valence-electron chi connectivity index (χ4n) is 5.00. The van der Waals surface area contributed by atoms with Crippen molar-refractivity contribution in [2.75, 3.05) is 24.4 Å². The van der Waals surface area contributed by atoms with Crippen molar-refractivity contribution in [1.29, 1.82) is 0 Å². The van der Waals surface area contributed by atoms with Gasteiger partial charge in [0, 0.05) is 24.6 Å². The van der Waals surface area contributed by atoms with E-state index >= 15 is 0 Å². The number of para-hydroxylation sites is 2. The molecule has 1 aliphatic heterocycles. The molecule has 2 atom stereocenters. The molecular formula is C27H26N2O5. The number of fused-ring (bicyclic) bond motifs is 1. The zero-order valence-electron chi connectivity index (χ0n) is 19.3. The number of nitrogens with one attached hydrogen (secondary N) is 1. The fraction of sp³-hybridized carbons (Fsp3) is 0.259. The van der Waals surface area contributed by atoms with Crippen LogP contribution in [0.5, 0.6) is 11.5 Å². The molecule has 1 amide bonds. The van der Waals surface area contributed by atoms with E-state index in [2.05, 4.69) is 5.32 Å². The summed E-state index contributed by atoms with van der Waals surface area (Å²) in [6.45, 7) is 1.51. The number of Topliss-reactive ketones (excluding diaryl/α,β-unsaturated/α-hetero) is 1. The first-order valence-corrected chi connectivity index (χ1v) is 11.2. The van der Waals surface area contributed by atoms with Gasteiger partial charge in [-0.25, -0.2) is 0 Å². The van der Waals surface area contributed by atoms with Gasteiger partial charge in [-0.1, -0.05) is 18.2 Å². The van der Waals surface area contributed by atoms with Crippen LogP contribution in [0.3, 0.4) is 0 Å². The third kappa shape index (κ3) is 3.63. The highest BCUT2D eigenvalue weighted by atomic mass is 16.5. The van der Waals surface area contributed by atoms with Gasteiger partial charge in [-0.15, -0.1) is 0 Å². The normalized spacial score (nSPS) is 19.6. The van der Waals surface area contributed by atoms with Crippen molar-refractivity contribution < 1.29 is 23.5 Å². The van der Waals surface area contributed by atoms with Crippen LogP contribution in [-0.2, 0) is 9.59 Å². The van der Waals surface area contributed by atoms with E-state index in [0.717, 1.165) is 16.9 Å². The molecule has 0 spiro atoms. The maximum absolute atomic E-state index is 13.7. The molecule has 34 heavy (non-hydrogen) atoms. The Bertz CT molecular complexity index is 1280. The van der Waals surface area contributed by atoms with Gasteiger partial charge >= 0.3 is 0 Å². The first-order valence-electron chi connectivity index (χ1n) is 11.2. The topological polar surface area (TPSA) is 81.0 Å². The summed E-state index contributed by atoms with van der Waals surface area (Å²) >= 11 is 0. The number of anilines is 2. The molecule has 0 radical (unpaired) electrons. The molecule has 7 nitrogen and oxygen atoms in total. The van der Waals surface area contributed by atoms with Crippen LogP contribution in [-0.4, -0.2) is 25.9 Å². The van der Waals surface area contributed by atoms with Crippen LogP contribution in [0.4, 0.5) is 11.4 Å². The zero-order valence-corrected chi connectivity index (χ0v) is 19.3. The molecule has 0 unspecified atom stereocenters. The van der Waals surface area contributed by atoms with E-state index in [-0.39, 0.29) is 17.6 Å². The van der Waals surface area contributed by atoms with E-state index in [1.165, 1.54) is 6.92 Å². The van der Waals surface area contributed by atoms with E-state index in [1.54, 1.807) is 31.4 Å². The third-order valence-electron chi connectivity index (χ3n) is 6.52. The molecule has 2 aromatic carbocycles. The highest BCUT2D eigenvalue weighted by Gasteiger charge is 2.42. The summed E-state index contributed by atoms with van der Waals surface area (Å²) in [4.78, 5) is 28.3. The molecule has 1 aliphatic carbocycles. The number of carbonyl (C=O) groups excluding carboxylic acids is 2. The summed E-state index contributed by atoms with van der Waals surface area (Å²) in [6, 6.07) is 16.3. The molecule has 0 saturated carbocycles. The van der Waals surface area contributed by atoms with Crippen molar-refractivity contribution in [3.05, 3.63) is 83.5 Å². The number of ketones is 1.